The van der Waals surface area contributed by atoms with Gasteiger partial charge < -0.3 is 10.6 Å². The second-order valence-corrected chi connectivity index (χ2v) is 7.97. The number of nitrogens with one attached hydrogen (secondary N) is 2. The summed E-state index contributed by atoms with van der Waals surface area (Å²) in [7, 11) is 0. The molecular formula is C17H32IN5S. The smallest absolute Gasteiger partial charge is 0.191 e. The lowest BCUT2D eigenvalue weighted by Gasteiger charge is -2.21. The number of rotatable bonds is 6. The zero-order valence-corrected chi connectivity index (χ0v) is 18.6. The first-order valence-corrected chi connectivity index (χ1v) is 9.51. The van der Waals surface area contributed by atoms with Crippen molar-refractivity contribution in [2.24, 2.45) is 10.9 Å². The summed E-state index contributed by atoms with van der Waals surface area (Å²) < 4.78 is 0. The van der Waals surface area contributed by atoms with E-state index in [0.29, 0.717) is 18.0 Å². The Kier molecular flexibility index (Phi) is 9.51. The fourth-order valence-electron chi connectivity index (χ4n) is 2.89. The van der Waals surface area contributed by atoms with Gasteiger partial charge >= 0.3 is 0 Å². The molecular weight excluding hydrogens is 433 g/mol. The lowest BCUT2D eigenvalue weighted by molar-refractivity contribution is 0.265. The van der Waals surface area contributed by atoms with Gasteiger partial charge in [0, 0.05) is 55.8 Å². The fraction of sp³-hybridized carbons (Fsp3) is 0.765. The van der Waals surface area contributed by atoms with E-state index < -0.39 is 0 Å². The Morgan fingerprint density at radius 2 is 2.21 bits per heavy atom. The quantitative estimate of drug-likeness (QED) is 0.386. The number of aromatic nitrogens is 1. The monoisotopic (exact) mass is 465 g/mol. The van der Waals surface area contributed by atoms with Crippen LogP contribution in [0.4, 0.5) is 0 Å². The minimum atomic E-state index is 0. The number of likely N-dealkylation sites (tertiary alicyclic amines) is 1. The van der Waals surface area contributed by atoms with Gasteiger partial charge in [-0.3, -0.25) is 9.89 Å². The van der Waals surface area contributed by atoms with E-state index in [2.05, 4.69) is 55.1 Å². The fourth-order valence-corrected chi connectivity index (χ4v) is 3.67. The Morgan fingerprint density at radius 1 is 1.46 bits per heavy atom. The van der Waals surface area contributed by atoms with E-state index in [-0.39, 0.29) is 24.0 Å². The first-order valence-electron chi connectivity index (χ1n) is 8.69. The van der Waals surface area contributed by atoms with Crippen molar-refractivity contribution >= 4 is 41.3 Å². The maximum atomic E-state index is 4.73. The molecule has 0 spiro atoms. The molecule has 0 saturated carbocycles. The maximum Gasteiger partial charge on any atom is 0.191 e. The van der Waals surface area contributed by atoms with E-state index in [0.717, 1.165) is 38.6 Å². The van der Waals surface area contributed by atoms with E-state index in [1.165, 1.54) is 9.88 Å². The standard InChI is InChI=1S/C17H31N5S.HI/c1-6-18-17(19-8-7-16-20-9-14(5)23-16)21-15-11-22(12(2)3)10-13(15)4;/h9,12-13,15H,6-8,10-11H2,1-5H3,(H2,18,19,21);1H. The van der Waals surface area contributed by atoms with Gasteiger partial charge in [-0.15, -0.1) is 35.3 Å². The van der Waals surface area contributed by atoms with Crippen molar-refractivity contribution in [3.63, 3.8) is 0 Å². The van der Waals surface area contributed by atoms with Crippen LogP contribution in [0.15, 0.2) is 11.2 Å². The van der Waals surface area contributed by atoms with Crippen LogP contribution in [0.2, 0.25) is 0 Å². The second kappa shape index (κ2) is 10.6. The van der Waals surface area contributed by atoms with Crippen molar-refractivity contribution in [1.29, 1.82) is 0 Å². The minimum Gasteiger partial charge on any atom is -0.357 e. The van der Waals surface area contributed by atoms with Crippen molar-refractivity contribution in [3.05, 3.63) is 16.1 Å². The van der Waals surface area contributed by atoms with Crippen LogP contribution in [-0.4, -0.2) is 54.1 Å². The summed E-state index contributed by atoms with van der Waals surface area (Å²) in [6, 6.07) is 1.08. The minimum absolute atomic E-state index is 0. The Labute approximate surface area is 167 Å². The molecule has 5 nitrogen and oxygen atoms in total. The second-order valence-electron chi connectivity index (χ2n) is 6.65. The molecule has 1 aliphatic rings. The van der Waals surface area contributed by atoms with Gasteiger partial charge in [-0.2, -0.15) is 0 Å². The third kappa shape index (κ3) is 6.48. The summed E-state index contributed by atoms with van der Waals surface area (Å²) in [5, 5.41) is 8.16. The van der Waals surface area contributed by atoms with Crippen LogP contribution in [0.25, 0.3) is 0 Å². The zero-order chi connectivity index (χ0) is 16.8. The lowest BCUT2D eigenvalue weighted by atomic mass is 10.1. The molecule has 0 aliphatic carbocycles. The molecule has 0 aromatic carbocycles. The average molecular weight is 465 g/mol. The van der Waals surface area contributed by atoms with Crippen molar-refractivity contribution in [2.75, 3.05) is 26.2 Å². The third-order valence-corrected chi connectivity index (χ3v) is 5.27. The van der Waals surface area contributed by atoms with Gasteiger partial charge in [-0.05, 0) is 33.6 Å². The molecule has 1 aromatic heterocycles. The predicted octanol–water partition coefficient (Wildman–Crippen LogP) is 2.90. The first kappa shape index (κ1) is 21.6. The topological polar surface area (TPSA) is 52.6 Å². The molecule has 2 unspecified atom stereocenters. The van der Waals surface area contributed by atoms with Gasteiger partial charge in [-0.25, -0.2) is 4.98 Å². The summed E-state index contributed by atoms with van der Waals surface area (Å²) >= 11 is 1.76. The van der Waals surface area contributed by atoms with Crippen LogP contribution >= 0.6 is 35.3 Å². The highest BCUT2D eigenvalue weighted by molar-refractivity contribution is 14.0. The van der Waals surface area contributed by atoms with Crippen LogP contribution in [0.5, 0.6) is 0 Å². The number of hydrogen-bond donors (Lipinski definition) is 2. The molecule has 2 heterocycles. The van der Waals surface area contributed by atoms with Crippen LogP contribution in [0.1, 0.15) is 37.6 Å². The largest absolute Gasteiger partial charge is 0.357 e. The molecule has 2 atom stereocenters. The number of halogens is 1. The molecule has 2 N–H and O–H groups in total. The predicted molar refractivity (Wildman–Crippen MR) is 115 cm³/mol. The highest BCUT2D eigenvalue weighted by atomic mass is 127. The van der Waals surface area contributed by atoms with E-state index in [1.807, 2.05) is 6.20 Å². The van der Waals surface area contributed by atoms with Crippen LogP contribution in [0, 0.1) is 12.8 Å². The molecule has 138 valence electrons. The number of hydrogen-bond acceptors (Lipinski definition) is 4. The molecule has 0 bridgehead atoms. The van der Waals surface area contributed by atoms with Gasteiger partial charge in [0.15, 0.2) is 5.96 Å². The number of guanidine groups is 1. The molecule has 1 aromatic rings. The van der Waals surface area contributed by atoms with Crippen LogP contribution < -0.4 is 10.6 Å². The lowest BCUT2D eigenvalue weighted by Crippen LogP contribution is -2.46. The van der Waals surface area contributed by atoms with E-state index in [4.69, 9.17) is 4.99 Å². The van der Waals surface area contributed by atoms with Gasteiger partial charge in [0.05, 0.1) is 5.01 Å². The van der Waals surface area contributed by atoms with Crippen LogP contribution in [0.3, 0.4) is 0 Å². The normalized spacial score (nSPS) is 21.8. The molecule has 7 heteroatoms. The van der Waals surface area contributed by atoms with Crippen LogP contribution in [-0.2, 0) is 6.42 Å². The summed E-state index contributed by atoms with van der Waals surface area (Å²) in [6.07, 6.45) is 2.85. The molecule has 0 amide bonds. The summed E-state index contributed by atoms with van der Waals surface area (Å²) in [5.41, 5.74) is 0. The summed E-state index contributed by atoms with van der Waals surface area (Å²) in [6.45, 7) is 15.0. The Bertz CT molecular complexity index is 517. The molecule has 1 saturated heterocycles. The number of aryl methyl sites for hydroxylation is 1. The van der Waals surface area contributed by atoms with Crippen molar-refractivity contribution in [2.45, 2.75) is 53.1 Å². The third-order valence-electron chi connectivity index (χ3n) is 4.30. The Morgan fingerprint density at radius 3 is 2.75 bits per heavy atom. The molecule has 1 aliphatic heterocycles. The highest BCUT2D eigenvalue weighted by Crippen LogP contribution is 2.18. The van der Waals surface area contributed by atoms with Crippen molar-refractivity contribution < 1.29 is 0 Å². The van der Waals surface area contributed by atoms with Gasteiger partial charge in [0.25, 0.3) is 0 Å². The van der Waals surface area contributed by atoms with Crippen molar-refractivity contribution in [1.82, 2.24) is 20.5 Å². The molecule has 0 radical (unpaired) electrons. The van der Waals surface area contributed by atoms with E-state index >= 15 is 0 Å². The maximum absolute atomic E-state index is 4.73. The Balaban J connectivity index is 0.00000288. The van der Waals surface area contributed by atoms with Gasteiger partial charge in [-0.1, -0.05) is 6.92 Å². The Hall–Kier alpha value is -0.410. The molecule has 1 fully saturated rings. The van der Waals surface area contributed by atoms with E-state index in [1.54, 1.807) is 11.3 Å². The summed E-state index contributed by atoms with van der Waals surface area (Å²) in [4.78, 5) is 12.9. The first-order chi connectivity index (χ1) is 11.0. The molecule has 24 heavy (non-hydrogen) atoms. The molecule has 2 rings (SSSR count). The van der Waals surface area contributed by atoms with Crippen molar-refractivity contribution in [3.8, 4) is 0 Å². The summed E-state index contributed by atoms with van der Waals surface area (Å²) in [5.74, 6) is 1.58. The SMILES string of the molecule is CCNC(=NCCc1ncc(C)s1)NC1CN(C(C)C)CC1C.I. The van der Waals surface area contributed by atoms with Gasteiger partial charge in [0.2, 0.25) is 0 Å². The number of aliphatic imine (C=N–C) groups is 1. The zero-order valence-electron chi connectivity index (χ0n) is 15.5. The number of nitrogens with zero attached hydrogens (tertiary/aromatic N) is 3. The highest BCUT2D eigenvalue weighted by Gasteiger charge is 2.31. The average Bonchev–Trinajstić information content (AvgIpc) is 3.06. The van der Waals surface area contributed by atoms with Gasteiger partial charge in [0.1, 0.15) is 0 Å². The van der Waals surface area contributed by atoms with E-state index in [9.17, 15) is 0 Å². The number of thiazole rings is 1.